The number of hydrogen-bond acceptors (Lipinski definition) is 3. The van der Waals surface area contributed by atoms with Crippen LogP contribution >= 0.6 is 0 Å². The summed E-state index contributed by atoms with van der Waals surface area (Å²) < 4.78 is 6.92. The summed E-state index contributed by atoms with van der Waals surface area (Å²) in [7, 11) is -2.84. The van der Waals surface area contributed by atoms with E-state index >= 15 is 0 Å². The van der Waals surface area contributed by atoms with Gasteiger partial charge in [0.25, 0.3) is 8.32 Å². The van der Waals surface area contributed by atoms with E-state index in [0.29, 0.717) is 0 Å². The van der Waals surface area contributed by atoms with E-state index in [9.17, 15) is 9.90 Å². The number of Topliss-reactive ketones (excluding diaryl/α,β-unsaturated/α-hetero) is 1. The van der Waals surface area contributed by atoms with Crippen LogP contribution in [0.5, 0.6) is 0 Å². The molecule has 32 heavy (non-hydrogen) atoms. The van der Waals surface area contributed by atoms with Crippen molar-refractivity contribution in [1.29, 1.82) is 0 Å². The molecule has 3 aromatic rings. The molecule has 0 fully saturated rings. The number of aliphatic hydroxyl groups is 1. The summed E-state index contributed by atoms with van der Waals surface area (Å²) in [6.45, 7) is 10.2. The molecule has 0 saturated heterocycles. The maximum Gasteiger partial charge on any atom is 0.262 e. The van der Waals surface area contributed by atoms with E-state index in [2.05, 4.69) is 45.0 Å². The third kappa shape index (κ3) is 4.78. The van der Waals surface area contributed by atoms with Crippen LogP contribution in [-0.2, 0) is 9.22 Å². The Bertz CT molecular complexity index is 958. The van der Waals surface area contributed by atoms with Crippen molar-refractivity contribution in [3.63, 3.8) is 0 Å². The van der Waals surface area contributed by atoms with Crippen LogP contribution in [0.3, 0.4) is 0 Å². The fraction of sp³-hybridized carbons (Fsp3) is 0.321. The number of carbonyl (C=O) groups is 1. The zero-order valence-corrected chi connectivity index (χ0v) is 20.7. The topological polar surface area (TPSA) is 46.5 Å². The van der Waals surface area contributed by atoms with Gasteiger partial charge in [0, 0.05) is 5.92 Å². The van der Waals surface area contributed by atoms with Gasteiger partial charge in [-0.25, -0.2) is 0 Å². The number of rotatable bonds is 8. The lowest BCUT2D eigenvalue weighted by Crippen LogP contribution is -2.68. The van der Waals surface area contributed by atoms with Gasteiger partial charge >= 0.3 is 0 Å². The molecule has 0 spiro atoms. The van der Waals surface area contributed by atoms with E-state index in [1.165, 1.54) is 0 Å². The molecular weight excluding hydrogens is 412 g/mol. The molecule has 4 heteroatoms. The zero-order valence-electron chi connectivity index (χ0n) is 19.7. The molecule has 3 rings (SSSR count). The van der Waals surface area contributed by atoms with Gasteiger partial charge in [-0.1, -0.05) is 119 Å². The van der Waals surface area contributed by atoms with Crippen LogP contribution in [-0.4, -0.2) is 25.3 Å². The van der Waals surface area contributed by atoms with Gasteiger partial charge < -0.3 is 9.53 Å². The second-order valence-corrected chi connectivity index (χ2v) is 13.7. The van der Waals surface area contributed by atoms with Crippen molar-refractivity contribution >= 4 is 24.5 Å². The van der Waals surface area contributed by atoms with Crippen LogP contribution < -0.4 is 10.4 Å². The number of aliphatic hydroxyl groups excluding tert-OH is 1. The van der Waals surface area contributed by atoms with Crippen molar-refractivity contribution in [2.75, 3.05) is 0 Å². The monoisotopic (exact) mass is 446 g/mol. The molecule has 0 aliphatic heterocycles. The predicted octanol–water partition coefficient (Wildman–Crippen LogP) is 4.89. The zero-order chi connectivity index (χ0) is 23.4. The Morgan fingerprint density at radius 1 is 0.781 bits per heavy atom. The van der Waals surface area contributed by atoms with Gasteiger partial charge in [0.05, 0.1) is 6.10 Å². The van der Waals surface area contributed by atoms with Crippen molar-refractivity contribution in [3.05, 3.63) is 96.6 Å². The summed E-state index contributed by atoms with van der Waals surface area (Å²) in [4.78, 5) is 13.5. The summed E-state index contributed by atoms with van der Waals surface area (Å²) in [6.07, 6.45) is -1.52. The highest BCUT2D eigenvalue weighted by atomic mass is 28.4. The first-order valence-corrected chi connectivity index (χ1v) is 13.1. The Hall–Kier alpha value is -2.53. The van der Waals surface area contributed by atoms with Gasteiger partial charge in [0.2, 0.25) is 0 Å². The summed E-state index contributed by atoms with van der Waals surface area (Å²) in [5.74, 6) is -0.667. The van der Waals surface area contributed by atoms with Crippen molar-refractivity contribution in [2.45, 2.75) is 51.9 Å². The average molecular weight is 447 g/mol. The largest absolute Gasteiger partial charge is 0.398 e. The minimum Gasteiger partial charge on any atom is -0.398 e. The third-order valence-corrected chi connectivity index (χ3v) is 11.3. The van der Waals surface area contributed by atoms with Gasteiger partial charge in [0.1, 0.15) is 6.10 Å². The normalized spacial score (nSPS) is 15.1. The molecule has 3 aromatic carbocycles. The highest BCUT2D eigenvalue weighted by Gasteiger charge is 2.52. The molecule has 0 aliphatic rings. The molecule has 0 radical (unpaired) electrons. The molecule has 3 atom stereocenters. The number of benzene rings is 3. The highest BCUT2D eigenvalue weighted by Crippen LogP contribution is 2.38. The first-order chi connectivity index (χ1) is 15.2. The van der Waals surface area contributed by atoms with Crippen LogP contribution in [0.15, 0.2) is 91.0 Å². The van der Waals surface area contributed by atoms with Gasteiger partial charge in [0.15, 0.2) is 5.78 Å². The van der Waals surface area contributed by atoms with Gasteiger partial charge in [-0.2, -0.15) is 0 Å². The lowest BCUT2D eigenvalue weighted by molar-refractivity contribution is -0.132. The van der Waals surface area contributed by atoms with Crippen LogP contribution in [0.4, 0.5) is 0 Å². The fourth-order valence-electron chi connectivity index (χ4n) is 4.48. The Morgan fingerprint density at radius 2 is 1.19 bits per heavy atom. The molecule has 0 amide bonds. The molecule has 0 saturated carbocycles. The number of carbonyl (C=O) groups excluding carboxylic acids is 1. The van der Waals surface area contributed by atoms with Crippen molar-refractivity contribution in [3.8, 4) is 0 Å². The maximum absolute atomic E-state index is 13.5. The highest BCUT2D eigenvalue weighted by molar-refractivity contribution is 6.99. The van der Waals surface area contributed by atoms with Gasteiger partial charge in [-0.3, -0.25) is 4.79 Å². The van der Waals surface area contributed by atoms with E-state index < -0.39 is 26.4 Å². The molecular formula is C28H34O3Si. The van der Waals surface area contributed by atoms with E-state index in [1.807, 2.05) is 73.7 Å². The van der Waals surface area contributed by atoms with Crippen molar-refractivity contribution < 1.29 is 14.3 Å². The minimum absolute atomic E-state index is 0.0886. The second-order valence-electron chi connectivity index (χ2n) is 9.47. The van der Waals surface area contributed by atoms with E-state index in [-0.39, 0.29) is 10.8 Å². The average Bonchev–Trinajstić information content (AvgIpc) is 2.81. The molecule has 3 nitrogen and oxygen atoms in total. The van der Waals surface area contributed by atoms with Crippen molar-refractivity contribution in [1.82, 2.24) is 0 Å². The maximum atomic E-state index is 13.5. The Labute approximate surface area is 193 Å². The molecule has 0 aromatic heterocycles. The number of hydrogen-bond donors (Lipinski definition) is 1. The molecule has 0 heterocycles. The SMILES string of the molecule is C[C@H](O[Si](c1ccccc1)(c1ccccc1)C(C)(C)C)C(=O)[C@H](C)[C@H](O)c1ccccc1. The van der Waals surface area contributed by atoms with Crippen LogP contribution in [0.1, 0.15) is 46.3 Å². The Balaban J connectivity index is 2.00. The quantitative estimate of drug-likeness (QED) is 0.501. The molecule has 0 unspecified atom stereocenters. The second kappa shape index (κ2) is 9.95. The van der Waals surface area contributed by atoms with Crippen LogP contribution in [0.2, 0.25) is 5.04 Å². The minimum atomic E-state index is -2.84. The first kappa shape index (κ1) is 24.1. The molecule has 168 valence electrons. The van der Waals surface area contributed by atoms with E-state index in [4.69, 9.17) is 4.43 Å². The lowest BCUT2D eigenvalue weighted by Gasteiger charge is -2.44. The summed E-state index contributed by atoms with van der Waals surface area (Å²) in [5, 5.41) is 12.9. The van der Waals surface area contributed by atoms with Crippen molar-refractivity contribution in [2.24, 2.45) is 5.92 Å². The van der Waals surface area contributed by atoms with Gasteiger partial charge in [-0.05, 0) is 27.9 Å². The fourth-order valence-corrected chi connectivity index (χ4v) is 9.14. The smallest absolute Gasteiger partial charge is 0.262 e. The van der Waals surface area contributed by atoms with E-state index in [0.717, 1.165) is 15.9 Å². The molecule has 1 N–H and O–H groups in total. The van der Waals surface area contributed by atoms with Crippen LogP contribution in [0, 0.1) is 5.92 Å². The third-order valence-electron chi connectivity index (χ3n) is 6.23. The molecule has 0 bridgehead atoms. The summed E-state index contributed by atoms with van der Waals surface area (Å²) in [6, 6.07) is 29.9. The van der Waals surface area contributed by atoms with E-state index in [1.54, 1.807) is 6.92 Å². The first-order valence-electron chi connectivity index (χ1n) is 11.2. The number of ketones is 1. The molecule has 0 aliphatic carbocycles. The summed E-state index contributed by atoms with van der Waals surface area (Å²) >= 11 is 0. The lowest BCUT2D eigenvalue weighted by atomic mass is 9.92. The van der Waals surface area contributed by atoms with Crippen LogP contribution in [0.25, 0.3) is 0 Å². The standard InChI is InChI=1S/C28H34O3Si/c1-21(27(30)23-15-9-6-10-16-23)26(29)22(2)31-32(28(3,4)5,24-17-11-7-12-18-24)25-19-13-8-14-20-25/h6-22,27,30H,1-5H3/t21-,22-,27-/m0/s1. The predicted molar refractivity (Wildman–Crippen MR) is 134 cm³/mol. The Morgan fingerprint density at radius 3 is 1.59 bits per heavy atom. The summed E-state index contributed by atoms with van der Waals surface area (Å²) in [5.41, 5.74) is 0.742. The Kier molecular flexibility index (Phi) is 7.50. The van der Waals surface area contributed by atoms with Gasteiger partial charge in [-0.15, -0.1) is 0 Å².